The van der Waals surface area contributed by atoms with E-state index in [0.717, 1.165) is 49.4 Å². The quantitative estimate of drug-likeness (QED) is 0.0192. The summed E-state index contributed by atoms with van der Waals surface area (Å²) in [6, 6.07) is 45.2. The molecule has 79 heavy (non-hydrogen) atoms. The summed E-state index contributed by atoms with van der Waals surface area (Å²) < 4.78 is 0. The average molecular weight is 1060 g/mol. The Morgan fingerprint density at radius 2 is 0.671 bits per heavy atom. The van der Waals surface area contributed by atoms with E-state index >= 15 is 0 Å². The van der Waals surface area contributed by atoms with Crippen molar-refractivity contribution in [2.75, 3.05) is 0 Å². The average Bonchev–Trinajstić information content (AvgIpc) is 4.28. The van der Waals surface area contributed by atoms with Crippen LogP contribution in [0.1, 0.15) is 55.2 Å². The molecule has 0 fully saturated rings. The van der Waals surface area contributed by atoms with Gasteiger partial charge in [0.15, 0.2) is 0 Å². The second kappa shape index (κ2) is 24.0. The van der Waals surface area contributed by atoms with Gasteiger partial charge in [0, 0.05) is 113 Å². The van der Waals surface area contributed by atoms with Gasteiger partial charge in [-0.25, -0.2) is 14.4 Å². The number of carboxylic acid groups (broad SMARTS) is 3. The summed E-state index contributed by atoms with van der Waals surface area (Å²) in [5, 5.41) is 54.8. The molecule has 402 valence electrons. The normalized spacial score (nSPS) is 13.3. The molecule has 0 spiro atoms. The molecular weight excluding hydrogens is 1010 g/mol. The summed E-state index contributed by atoms with van der Waals surface area (Å²) in [6.45, 7) is 0. The van der Waals surface area contributed by atoms with Crippen LogP contribution in [-0.2, 0) is 48.0 Å². The molecule has 0 aliphatic carbocycles. The number of aromatic nitrogens is 3. The van der Waals surface area contributed by atoms with E-state index in [0.29, 0.717) is 33.8 Å². The van der Waals surface area contributed by atoms with Crippen molar-refractivity contribution in [3.8, 4) is 33.8 Å². The van der Waals surface area contributed by atoms with Gasteiger partial charge in [0.1, 0.15) is 18.1 Å². The highest BCUT2D eigenvalue weighted by Gasteiger charge is 2.44. The van der Waals surface area contributed by atoms with Crippen LogP contribution in [-0.4, -0.2) is 94.5 Å². The number of nitrogens with zero attached hydrogens (tertiary/aromatic N) is 1. The number of aromatic amines is 3. The number of fused-ring (bicyclic) bond motifs is 3. The van der Waals surface area contributed by atoms with E-state index in [1.807, 2.05) is 146 Å². The van der Waals surface area contributed by atoms with Crippen molar-refractivity contribution in [1.29, 1.82) is 0 Å². The lowest BCUT2D eigenvalue weighted by atomic mass is 9.83. The number of nitrogens with one attached hydrogen (secondary N) is 6. The van der Waals surface area contributed by atoms with Crippen molar-refractivity contribution in [2.24, 2.45) is 0 Å². The van der Waals surface area contributed by atoms with E-state index in [2.05, 4.69) is 30.9 Å². The molecule has 9 aromatic rings. The second-order valence-corrected chi connectivity index (χ2v) is 19.6. The minimum absolute atomic E-state index is 0.164. The van der Waals surface area contributed by atoms with Crippen LogP contribution in [0.5, 0.6) is 0 Å². The minimum Gasteiger partial charge on any atom is -0.480 e. The van der Waals surface area contributed by atoms with E-state index in [9.17, 15) is 54.2 Å². The van der Waals surface area contributed by atoms with Crippen LogP contribution in [0.3, 0.4) is 0 Å². The lowest BCUT2D eigenvalue weighted by Crippen LogP contribution is -2.47. The van der Waals surface area contributed by atoms with Gasteiger partial charge in [-0.15, -0.1) is 0 Å². The Bertz CT molecular complexity index is 3330. The fourth-order valence-electron chi connectivity index (χ4n) is 10.5. The van der Waals surface area contributed by atoms with E-state index < -0.39 is 103 Å². The minimum atomic E-state index is -2.21. The number of carboxylic acids is 3. The maximum Gasteiger partial charge on any atom is 0.326 e. The second-order valence-electron chi connectivity index (χ2n) is 19.6. The third-order valence-corrected chi connectivity index (χ3v) is 14.6. The number of hydrogen-bond acceptors (Lipinski definition) is 8. The summed E-state index contributed by atoms with van der Waals surface area (Å²) in [5.74, 6) is -6.65. The van der Waals surface area contributed by atoms with Crippen molar-refractivity contribution < 1.29 is 49.0 Å². The van der Waals surface area contributed by atoms with Crippen LogP contribution in [0, 0.1) is 10.1 Å². The lowest BCUT2D eigenvalue weighted by Gasteiger charge is -2.26. The molecule has 3 unspecified atom stereocenters. The van der Waals surface area contributed by atoms with Crippen molar-refractivity contribution >= 4 is 68.3 Å². The van der Waals surface area contributed by atoms with E-state index in [-0.39, 0.29) is 19.3 Å². The maximum absolute atomic E-state index is 13.9. The fourth-order valence-corrected chi connectivity index (χ4v) is 10.5. The summed E-state index contributed by atoms with van der Waals surface area (Å²) in [5.41, 5.74) is 6.15. The third-order valence-electron chi connectivity index (χ3n) is 14.6. The van der Waals surface area contributed by atoms with Crippen molar-refractivity contribution in [3.05, 3.63) is 191 Å². The number of amides is 3. The van der Waals surface area contributed by atoms with Gasteiger partial charge in [-0.2, -0.15) is 0 Å². The molecule has 18 nitrogen and oxygen atoms in total. The van der Waals surface area contributed by atoms with Crippen LogP contribution in [0.15, 0.2) is 164 Å². The first-order valence-corrected chi connectivity index (χ1v) is 25.8. The highest BCUT2D eigenvalue weighted by atomic mass is 16.6. The molecule has 0 radical (unpaired) electrons. The van der Waals surface area contributed by atoms with Crippen LogP contribution >= 0.6 is 0 Å². The summed E-state index contributed by atoms with van der Waals surface area (Å²) in [7, 11) is 0. The van der Waals surface area contributed by atoms with Gasteiger partial charge in [-0.3, -0.25) is 24.5 Å². The zero-order valence-corrected chi connectivity index (χ0v) is 42.7. The number of rotatable bonds is 25. The van der Waals surface area contributed by atoms with E-state index in [1.54, 1.807) is 18.2 Å². The highest BCUT2D eigenvalue weighted by molar-refractivity contribution is 5.95. The molecule has 9 rings (SSSR count). The Kier molecular flexibility index (Phi) is 16.4. The molecular formula is C61H57N7O11. The molecule has 0 saturated carbocycles. The molecule has 6 aromatic carbocycles. The monoisotopic (exact) mass is 1060 g/mol. The SMILES string of the molecule is O=C(CCC(CCC(=O)NC(Cc1c(-c2ccccc2)[nH]c2ccccc12)C(=O)O)(CCC(=O)NC(Cc1c(-c2ccccc2)[nH]c2ccccc12)C(=O)O)[N+](=O)[O-])NC(Cc1c(-c2ccccc2)[nH]c2ccccc12)C(=O)O. The highest BCUT2D eigenvalue weighted by Crippen LogP contribution is 2.35. The fraction of sp³-hybridized carbons (Fsp3) is 0.213. The predicted molar refractivity (Wildman–Crippen MR) is 298 cm³/mol. The number of aliphatic carboxylic acids is 3. The number of H-pyrrole nitrogens is 3. The first-order valence-electron chi connectivity index (χ1n) is 25.8. The Labute approximate surface area is 452 Å². The number of carbonyl (C=O) groups is 6. The van der Waals surface area contributed by atoms with Gasteiger partial charge in [0.2, 0.25) is 23.3 Å². The third kappa shape index (κ3) is 12.4. The number of carbonyl (C=O) groups excluding carboxylic acids is 3. The molecule has 18 heteroatoms. The Balaban J connectivity index is 0.951. The largest absolute Gasteiger partial charge is 0.480 e. The number of benzene rings is 6. The molecule has 3 aromatic heterocycles. The van der Waals surface area contributed by atoms with Gasteiger partial charge in [-0.05, 0) is 51.6 Å². The maximum atomic E-state index is 13.9. The first kappa shape index (κ1) is 54.0. The van der Waals surface area contributed by atoms with Gasteiger partial charge in [0.05, 0.1) is 0 Å². The number of para-hydroxylation sites is 3. The van der Waals surface area contributed by atoms with Crippen molar-refractivity contribution in [1.82, 2.24) is 30.9 Å². The molecule has 3 amide bonds. The summed E-state index contributed by atoms with van der Waals surface area (Å²) >= 11 is 0. The van der Waals surface area contributed by atoms with Crippen LogP contribution in [0.25, 0.3) is 66.5 Å². The standard InChI is InChI=1S/C61H57N7O11/c69-52(62-49(58(72)73)34-43-40-22-10-13-25-46(40)65-55(43)37-16-4-1-5-17-37)28-31-61(68(78)79,32-29-53(70)63-50(59(74)75)35-44-41-23-11-14-26-47(41)66-56(44)38-18-6-2-7-19-38)33-30-54(71)64-51(60(76)77)36-45-42-24-12-15-27-48(42)67-57(45)39-20-8-3-9-21-39/h1-27,49-51,65-67H,28-36H2,(H,62,69)(H,63,70)(H,64,71)(H,72,73)(H,74,75)(H,76,77). The van der Waals surface area contributed by atoms with Gasteiger partial charge >= 0.3 is 17.9 Å². The molecule has 0 saturated heterocycles. The summed E-state index contributed by atoms with van der Waals surface area (Å²) in [4.78, 5) is 103. The van der Waals surface area contributed by atoms with Crippen LogP contribution < -0.4 is 16.0 Å². The topological polar surface area (TPSA) is 290 Å². The van der Waals surface area contributed by atoms with Crippen LogP contribution in [0.2, 0.25) is 0 Å². The van der Waals surface area contributed by atoms with E-state index in [1.165, 1.54) is 0 Å². The van der Waals surface area contributed by atoms with Gasteiger partial charge < -0.3 is 46.2 Å². The first-order chi connectivity index (χ1) is 38.2. The molecule has 9 N–H and O–H groups in total. The molecule has 0 aliphatic rings. The van der Waals surface area contributed by atoms with Gasteiger partial charge in [0.25, 0.3) is 0 Å². The predicted octanol–water partition coefficient (Wildman–Crippen LogP) is 9.22. The molecule has 0 aliphatic heterocycles. The number of nitro groups is 1. The Hall–Kier alpha value is -9.84. The molecule has 0 bridgehead atoms. The Morgan fingerprint density at radius 3 is 0.924 bits per heavy atom. The van der Waals surface area contributed by atoms with Crippen molar-refractivity contribution in [2.45, 2.75) is 81.5 Å². The van der Waals surface area contributed by atoms with Gasteiger partial charge in [-0.1, -0.05) is 146 Å². The number of hydrogen-bond donors (Lipinski definition) is 9. The van der Waals surface area contributed by atoms with Crippen molar-refractivity contribution in [3.63, 3.8) is 0 Å². The van der Waals surface area contributed by atoms with E-state index in [4.69, 9.17) is 0 Å². The smallest absolute Gasteiger partial charge is 0.326 e. The lowest BCUT2D eigenvalue weighted by molar-refractivity contribution is -0.573. The Morgan fingerprint density at radius 1 is 0.418 bits per heavy atom. The molecule has 3 heterocycles. The summed E-state index contributed by atoms with van der Waals surface area (Å²) in [6.07, 6.45) is -4.10. The molecule has 3 atom stereocenters. The zero-order chi connectivity index (χ0) is 55.6. The van der Waals surface area contributed by atoms with Crippen LogP contribution in [0.4, 0.5) is 0 Å². The zero-order valence-electron chi connectivity index (χ0n) is 42.7.